The minimum absolute atomic E-state index is 0.0829. The maximum absolute atomic E-state index is 8.46. The fourth-order valence-electron chi connectivity index (χ4n) is 0.889. The molecule has 0 saturated carbocycles. The van der Waals surface area contributed by atoms with E-state index in [0.717, 1.165) is 0 Å². The van der Waals surface area contributed by atoms with E-state index in [-0.39, 0.29) is 6.61 Å². The Balaban J connectivity index is 2.25. The highest BCUT2D eigenvalue weighted by Gasteiger charge is 2.09. The molecule has 76 valence electrons. The normalized spacial score (nSPS) is 14.9. The molecule has 0 radical (unpaired) electrons. The van der Waals surface area contributed by atoms with Crippen LogP contribution < -0.4 is 0 Å². The molecule has 0 aromatic carbocycles. The van der Waals surface area contributed by atoms with Crippen LogP contribution in [-0.4, -0.2) is 28.8 Å². The topological polar surface area (TPSA) is 75.1 Å². The van der Waals surface area contributed by atoms with Crippen LogP contribution in [0.25, 0.3) is 5.53 Å². The van der Waals surface area contributed by atoms with Crippen LogP contribution in [-0.2, 0) is 9.78 Å². The molecule has 0 bridgehead atoms. The van der Waals surface area contributed by atoms with Crippen LogP contribution in [0.15, 0.2) is 24.0 Å². The van der Waals surface area contributed by atoms with E-state index in [0.29, 0.717) is 30.9 Å². The van der Waals surface area contributed by atoms with Gasteiger partial charge in [0.15, 0.2) is 5.76 Å². The number of allylic oxidation sites excluding steroid dienone is 3. The molecule has 0 unspecified atom stereocenters. The quantitative estimate of drug-likeness (QED) is 0.233. The Hall–Kier alpha value is -1.42. The summed E-state index contributed by atoms with van der Waals surface area (Å²) in [5.41, 5.74) is 9.01. The molecular weight excluding hydrogens is 184 g/mol. The summed E-state index contributed by atoms with van der Waals surface area (Å²) in [7, 11) is 0. The van der Waals surface area contributed by atoms with Crippen molar-refractivity contribution in [2.45, 2.75) is 12.8 Å². The molecule has 5 nitrogen and oxygen atoms in total. The second-order valence-corrected chi connectivity index (χ2v) is 2.72. The molecule has 0 spiro atoms. The van der Waals surface area contributed by atoms with Crippen molar-refractivity contribution in [1.29, 1.82) is 0 Å². The third-order valence-corrected chi connectivity index (χ3v) is 1.62. The van der Waals surface area contributed by atoms with Crippen LogP contribution >= 0.6 is 0 Å². The fourth-order valence-corrected chi connectivity index (χ4v) is 0.889. The maximum Gasteiger partial charge on any atom is 0.296 e. The summed E-state index contributed by atoms with van der Waals surface area (Å²) < 4.78 is 0. The number of hydrogen-bond donors (Lipinski definition) is 1. The summed E-state index contributed by atoms with van der Waals surface area (Å²) in [6, 6.07) is 0. The summed E-state index contributed by atoms with van der Waals surface area (Å²) >= 11 is 0. The van der Waals surface area contributed by atoms with Crippen molar-refractivity contribution in [3.63, 3.8) is 0 Å². The summed E-state index contributed by atoms with van der Waals surface area (Å²) in [5.74, 6) is 0.579. The number of aliphatic hydroxyl groups excluding tert-OH is 1. The van der Waals surface area contributed by atoms with Gasteiger partial charge in [0, 0.05) is 12.7 Å². The Bertz CT molecular complexity index is 290. The van der Waals surface area contributed by atoms with Crippen LogP contribution in [0.2, 0.25) is 0 Å². The first-order valence-corrected chi connectivity index (χ1v) is 4.36. The molecule has 0 aromatic heterocycles. The predicted molar refractivity (Wildman–Crippen MR) is 49.2 cm³/mol. The molecule has 0 aromatic rings. The van der Waals surface area contributed by atoms with Gasteiger partial charge in [-0.15, -0.1) is 0 Å². The largest absolute Gasteiger partial charge is 0.396 e. The molecule has 1 rings (SSSR count). The molecule has 0 aliphatic heterocycles. The van der Waals surface area contributed by atoms with Gasteiger partial charge in [-0.1, -0.05) is 0 Å². The Morgan fingerprint density at radius 2 is 2.36 bits per heavy atom. The molecule has 0 atom stereocenters. The van der Waals surface area contributed by atoms with Gasteiger partial charge in [-0.25, -0.2) is 0 Å². The van der Waals surface area contributed by atoms with E-state index >= 15 is 0 Å². The fraction of sp³-hybridized carbons (Fsp3) is 0.444. The molecular formula is C9H12N2O3. The highest BCUT2D eigenvalue weighted by atomic mass is 17.2. The summed E-state index contributed by atoms with van der Waals surface area (Å²) in [4.78, 5) is 12.8. The maximum atomic E-state index is 8.46. The second-order valence-electron chi connectivity index (χ2n) is 2.72. The summed E-state index contributed by atoms with van der Waals surface area (Å²) in [6.45, 7) is 0.433. The number of aliphatic hydroxyl groups is 1. The summed E-state index contributed by atoms with van der Waals surface area (Å²) in [6.07, 6.45) is 6.10. The standard InChI is InChI=1S/C9H12N2O3/c10-11-8-2-4-9(5-3-8)14-13-7-1-6-12/h2,4-5,12H,1,3,6-7H2. The molecule has 1 aliphatic carbocycles. The monoisotopic (exact) mass is 196 g/mol. The Kier molecular flexibility index (Phi) is 4.64. The first kappa shape index (κ1) is 10.7. The SMILES string of the molecule is [N-]=[N+]=C1C=CC(OOCCCO)=CC1. The molecule has 14 heavy (non-hydrogen) atoms. The van der Waals surface area contributed by atoms with Gasteiger partial charge in [0.2, 0.25) is 0 Å². The Labute approximate surface area is 81.8 Å². The van der Waals surface area contributed by atoms with Gasteiger partial charge in [0.05, 0.1) is 13.0 Å². The van der Waals surface area contributed by atoms with Crippen LogP contribution in [0.4, 0.5) is 0 Å². The lowest BCUT2D eigenvalue weighted by molar-refractivity contribution is -0.259. The number of hydrogen-bond acceptors (Lipinski definition) is 3. The minimum Gasteiger partial charge on any atom is -0.396 e. The van der Waals surface area contributed by atoms with E-state index in [2.05, 4.69) is 4.79 Å². The van der Waals surface area contributed by atoms with E-state index in [1.54, 1.807) is 18.2 Å². The van der Waals surface area contributed by atoms with Crippen LogP contribution in [0.3, 0.4) is 0 Å². The van der Waals surface area contributed by atoms with Crippen LogP contribution in [0, 0.1) is 0 Å². The molecule has 1 aliphatic rings. The third-order valence-electron chi connectivity index (χ3n) is 1.62. The van der Waals surface area contributed by atoms with Crippen LogP contribution in [0.1, 0.15) is 12.8 Å². The third kappa shape index (κ3) is 3.53. The number of rotatable bonds is 5. The zero-order valence-electron chi connectivity index (χ0n) is 7.72. The molecule has 1 N–H and O–H groups in total. The zero-order valence-corrected chi connectivity index (χ0v) is 7.72. The first-order valence-electron chi connectivity index (χ1n) is 4.36. The minimum atomic E-state index is 0.0829. The predicted octanol–water partition coefficient (Wildman–Crippen LogP) is 0.832. The van der Waals surface area contributed by atoms with E-state index in [4.69, 9.17) is 20.4 Å². The van der Waals surface area contributed by atoms with Gasteiger partial charge in [0.1, 0.15) is 0 Å². The molecule has 0 heterocycles. The van der Waals surface area contributed by atoms with Crippen molar-refractivity contribution in [3.8, 4) is 0 Å². The lowest BCUT2D eigenvalue weighted by atomic mass is 10.1. The smallest absolute Gasteiger partial charge is 0.296 e. The van der Waals surface area contributed by atoms with Crippen LogP contribution in [0.5, 0.6) is 0 Å². The first-order chi connectivity index (χ1) is 6.86. The Morgan fingerprint density at radius 1 is 1.50 bits per heavy atom. The lowest BCUT2D eigenvalue weighted by Gasteiger charge is -2.05. The highest BCUT2D eigenvalue weighted by Crippen LogP contribution is 2.08. The summed E-state index contributed by atoms with van der Waals surface area (Å²) in [5, 5.41) is 8.46. The van der Waals surface area contributed by atoms with E-state index in [9.17, 15) is 0 Å². The van der Waals surface area contributed by atoms with Gasteiger partial charge in [-0.2, -0.15) is 9.68 Å². The van der Waals surface area contributed by atoms with Crippen molar-refractivity contribution < 1.29 is 19.7 Å². The molecule has 0 fully saturated rings. The van der Waals surface area contributed by atoms with Crippen molar-refractivity contribution in [2.75, 3.05) is 13.2 Å². The van der Waals surface area contributed by atoms with E-state index in [1.165, 1.54) is 0 Å². The van der Waals surface area contributed by atoms with Gasteiger partial charge in [-0.05, 0) is 18.6 Å². The van der Waals surface area contributed by atoms with Crippen molar-refractivity contribution in [1.82, 2.24) is 0 Å². The van der Waals surface area contributed by atoms with Gasteiger partial charge < -0.3 is 15.5 Å². The second kappa shape index (κ2) is 6.10. The van der Waals surface area contributed by atoms with Gasteiger partial charge in [-0.3, -0.25) is 0 Å². The van der Waals surface area contributed by atoms with Crippen molar-refractivity contribution in [3.05, 3.63) is 29.5 Å². The van der Waals surface area contributed by atoms with Crippen molar-refractivity contribution >= 4 is 5.71 Å². The highest BCUT2D eigenvalue weighted by molar-refractivity contribution is 5.92. The van der Waals surface area contributed by atoms with Gasteiger partial charge in [0.25, 0.3) is 5.71 Å². The lowest BCUT2D eigenvalue weighted by Crippen LogP contribution is -2.03. The van der Waals surface area contributed by atoms with Crippen molar-refractivity contribution in [2.24, 2.45) is 0 Å². The van der Waals surface area contributed by atoms with E-state index in [1.807, 2.05) is 0 Å². The molecule has 0 saturated heterocycles. The average Bonchev–Trinajstić information content (AvgIpc) is 2.25. The average molecular weight is 196 g/mol. The number of nitrogens with zero attached hydrogens (tertiary/aromatic N) is 2. The van der Waals surface area contributed by atoms with E-state index < -0.39 is 0 Å². The zero-order chi connectivity index (χ0) is 10.2. The molecule has 0 amide bonds. The molecule has 5 heteroatoms. The Morgan fingerprint density at radius 3 is 2.93 bits per heavy atom. The van der Waals surface area contributed by atoms with Gasteiger partial charge >= 0.3 is 0 Å².